The van der Waals surface area contributed by atoms with Gasteiger partial charge in [0, 0.05) is 0 Å². The Kier molecular flexibility index (Phi) is 3.66. The average Bonchev–Trinajstić information content (AvgIpc) is 2.68. The highest BCUT2D eigenvalue weighted by molar-refractivity contribution is 7.45. The maximum atomic E-state index is 6.00. The molecule has 3 nitrogen and oxygen atoms in total. The number of rotatable bonds is 1. The molecule has 0 aliphatic carbocycles. The number of hydrogen-bond donors (Lipinski definition) is 0. The van der Waals surface area contributed by atoms with Gasteiger partial charge in [0.05, 0.1) is 10.0 Å². The van der Waals surface area contributed by atoms with E-state index in [4.69, 9.17) is 55.5 Å². The fourth-order valence-electron chi connectivity index (χ4n) is 1.09. The summed E-state index contributed by atoms with van der Waals surface area (Å²) in [6.45, 7) is 0. The first-order chi connectivity index (χ1) is 7.43. The zero-order chi connectivity index (χ0) is 12.0. The Balaban J connectivity index is 2.53. The highest BCUT2D eigenvalue weighted by Gasteiger charge is 2.35. The van der Waals surface area contributed by atoms with Gasteiger partial charge >= 0.3 is 8.53 Å². The van der Waals surface area contributed by atoms with Crippen LogP contribution in [0.25, 0.3) is 0 Å². The fourth-order valence-corrected chi connectivity index (χ4v) is 3.12. The van der Waals surface area contributed by atoms with E-state index >= 15 is 0 Å². The average molecular weight is 321 g/mol. The SMILES string of the molecule is CN(C)P1Oc2c(Cl)c(Cl)c(Cl)c(Cl)c2O1. The number of fused-ring (bicyclic) bond motifs is 1. The van der Waals surface area contributed by atoms with Gasteiger partial charge in [0.1, 0.15) is 10.0 Å². The van der Waals surface area contributed by atoms with E-state index in [1.165, 1.54) is 0 Å². The first-order valence-electron chi connectivity index (χ1n) is 4.12. The second-order valence-electron chi connectivity index (χ2n) is 3.18. The Morgan fingerprint density at radius 2 is 1.19 bits per heavy atom. The van der Waals surface area contributed by atoms with Crippen LogP contribution >= 0.6 is 54.9 Å². The van der Waals surface area contributed by atoms with Gasteiger partial charge in [-0.3, -0.25) is 0 Å². The second kappa shape index (κ2) is 4.56. The molecule has 0 aromatic heterocycles. The summed E-state index contributed by atoms with van der Waals surface area (Å²) in [6.07, 6.45) is 0. The lowest BCUT2D eigenvalue weighted by Crippen LogP contribution is -2.08. The van der Waals surface area contributed by atoms with E-state index in [0.29, 0.717) is 11.5 Å². The van der Waals surface area contributed by atoms with Crippen molar-refractivity contribution in [2.75, 3.05) is 14.1 Å². The Hall–Kier alpha value is 0.370. The molecule has 0 saturated heterocycles. The van der Waals surface area contributed by atoms with E-state index in [2.05, 4.69) is 0 Å². The van der Waals surface area contributed by atoms with Crippen LogP contribution in [0.5, 0.6) is 11.5 Å². The van der Waals surface area contributed by atoms with Crippen molar-refractivity contribution >= 4 is 54.9 Å². The molecule has 1 aliphatic rings. The van der Waals surface area contributed by atoms with Crippen LogP contribution in [-0.4, -0.2) is 18.8 Å². The number of nitrogens with zero attached hydrogens (tertiary/aromatic N) is 1. The maximum absolute atomic E-state index is 6.00. The molecule has 1 aromatic carbocycles. The van der Waals surface area contributed by atoms with Gasteiger partial charge in [0.2, 0.25) is 0 Å². The molecule has 0 saturated carbocycles. The molecular weight excluding hydrogens is 315 g/mol. The molecule has 88 valence electrons. The van der Waals surface area contributed by atoms with Crippen LogP contribution < -0.4 is 9.05 Å². The molecule has 0 radical (unpaired) electrons. The Bertz CT molecular complexity index is 417. The highest BCUT2D eigenvalue weighted by atomic mass is 35.5. The van der Waals surface area contributed by atoms with Crippen molar-refractivity contribution in [2.45, 2.75) is 0 Å². The molecule has 2 rings (SSSR count). The van der Waals surface area contributed by atoms with Gasteiger partial charge in [-0.2, -0.15) is 0 Å². The summed E-state index contributed by atoms with van der Waals surface area (Å²) < 4.78 is 12.8. The van der Waals surface area contributed by atoms with Crippen molar-refractivity contribution in [3.8, 4) is 11.5 Å². The fraction of sp³-hybridized carbons (Fsp3) is 0.250. The van der Waals surface area contributed by atoms with Crippen LogP contribution in [0.4, 0.5) is 0 Å². The predicted molar refractivity (Wildman–Crippen MR) is 68.3 cm³/mol. The molecule has 0 fully saturated rings. The minimum atomic E-state index is -1.24. The maximum Gasteiger partial charge on any atom is 0.384 e. The molecular formula is C8H6Cl4NO2P. The predicted octanol–water partition coefficient (Wildman–Crippen LogP) is 4.86. The first-order valence-corrected chi connectivity index (χ1v) is 6.77. The summed E-state index contributed by atoms with van der Waals surface area (Å²) >= 11 is 23.8. The topological polar surface area (TPSA) is 21.7 Å². The zero-order valence-electron chi connectivity index (χ0n) is 8.22. The first kappa shape index (κ1) is 12.8. The van der Waals surface area contributed by atoms with Crippen molar-refractivity contribution in [1.82, 2.24) is 4.67 Å². The third-order valence-electron chi connectivity index (χ3n) is 1.85. The Morgan fingerprint density at radius 1 is 0.812 bits per heavy atom. The van der Waals surface area contributed by atoms with Gasteiger partial charge in [-0.1, -0.05) is 46.4 Å². The van der Waals surface area contributed by atoms with Gasteiger partial charge in [-0.15, -0.1) is 0 Å². The molecule has 16 heavy (non-hydrogen) atoms. The Morgan fingerprint density at radius 3 is 1.50 bits per heavy atom. The van der Waals surface area contributed by atoms with Crippen LogP contribution in [0.3, 0.4) is 0 Å². The minimum Gasteiger partial charge on any atom is -0.421 e. The number of benzene rings is 1. The molecule has 0 atom stereocenters. The van der Waals surface area contributed by atoms with Crippen LogP contribution in [0.15, 0.2) is 0 Å². The summed E-state index contributed by atoms with van der Waals surface area (Å²) in [5.74, 6) is 0.696. The molecule has 0 unspecified atom stereocenters. The lowest BCUT2D eigenvalue weighted by Gasteiger charge is -2.13. The molecule has 0 N–H and O–H groups in total. The smallest absolute Gasteiger partial charge is 0.384 e. The van der Waals surface area contributed by atoms with Gasteiger partial charge in [-0.05, 0) is 14.1 Å². The van der Waals surface area contributed by atoms with E-state index in [9.17, 15) is 0 Å². The van der Waals surface area contributed by atoms with E-state index in [1.54, 1.807) is 4.67 Å². The monoisotopic (exact) mass is 319 g/mol. The van der Waals surface area contributed by atoms with Gasteiger partial charge in [0.25, 0.3) is 0 Å². The van der Waals surface area contributed by atoms with Gasteiger partial charge < -0.3 is 9.05 Å². The summed E-state index contributed by atoms with van der Waals surface area (Å²) in [5, 5.41) is 0.786. The summed E-state index contributed by atoms with van der Waals surface area (Å²) in [6, 6.07) is 0. The van der Waals surface area contributed by atoms with Crippen LogP contribution in [0.2, 0.25) is 20.1 Å². The third-order valence-corrected chi connectivity index (χ3v) is 4.95. The molecule has 0 spiro atoms. The lowest BCUT2D eigenvalue weighted by atomic mass is 10.3. The summed E-state index contributed by atoms with van der Waals surface area (Å²) in [7, 11) is 2.40. The van der Waals surface area contributed by atoms with Crippen molar-refractivity contribution in [1.29, 1.82) is 0 Å². The Labute approximate surface area is 114 Å². The normalized spacial score (nSPS) is 14.9. The lowest BCUT2D eigenvalue weighted by molar-refractivity contribution is 0.475. The van der Waals surface area contributed by atoms with E-state index in [0.717, 1.165) is 0 Å². The standard InChI is InChI=1S/C8H6Cl4NO2P/c1-13(2)16-14-7-5(11)3(9)4(10)6(12)8(7)15-16/h1-2H3. The molecule has 1 aromatic rings. The third kappa shape index (κ3) is 1.94. The van der Waals surface area contributed by atoms with Crippen molar-refractivity contribution in [2.24, 2.45) is 0 Å². The number of hydrogen-bond acceptors (Lipinski definition) is 3. The molecule has 0 amide bonds. The number of halogens is 4. The molecule has 8 heteroatoms. The van der Waals surface area contributed by atoms with E-state index < -0.39 is 8.53 Å². The van der Waals surface area contributed by atoms with Crippen molar-refractivity contribution < 1.29 is 9.05 Å². The second-order valence-corrected chi connectivity index (χ2v) is 6.33. The van der Waals surface area contributed by atoms with Crippen LogP contribution in [-0.2, 0) is 0 Å². The largest absolute Gasteiger partial charge is 0.421 e. The summed E-state index contributed by atoms with van der Waals surface area (Å²) in [5.41, 5.74) is 0. The van der Waals surface area contributed by atoms with Crippen molar-refractivity contribution in [3.05, 3.63) is 20.1 Å². The van der Waals surface area contributed by atoms with E-state index in [1.807, 2.05) is 14.1 Å². The zero-order valence-corrected chi connectivity index (χ0v) is 12.1. The van der Waals surface area contributed by atoms with E-state index in [-0.39, 0.29) is 20.1 Å². The molecule has 1 aliphatic heterocycles. The minimum absolute atomic E-state index is 0.172. The molecule has 1 heterocycles. The molecule has 0 bridgehead atoms. The van der Waals surface area contributed by atoms with Gasteiger partial charge in [0.15, 0.2) is 11.5 Å². The van der Waals surface area contributed by atoms with Crippen molar-refractivity contribution in [3.63, 3.8) is 0 Å². The summed E-state index contributed by atoms with van der Waals surface area (Å²) in [4.78, 5) is 0. The van der Waals surface area contributed by atoms with Crippen LogP contribution in [0, 0.1) is 0 Å². The quantitative estimate of drug-likeness (QED) is 0.419. The highest BCUT2D eigenvalue weighted by Crippen LogP contribution is 2.61. The van der Waals surface area contributed by atoms with Gasteiger partial charge in [-0.25, -0.2) is 4.67 Å². The van der Waals surface area contributed by atoms with Crippen LogP contribution in [0.1, 0.15) is 0 Å².